The Bertz CT molecular complexity index is 836. The minimum Gasteiger partial charge on any atom is -0.494 e. The van der Waals surface area contributed by atoms with Crippen LogP contribution in [0.4, 0.5) is 10.1 Å². The standard InChI is InChI=1S/C21H23FN2O3/c1-14(16-8-11-19(27-2)18(22)13-16)23-21(26)15-6-9-17(10-7-15)24-12-4-3-5-20(24)25/h6-11,13-14H,3-5,12H2,1-2H3,(H,23,26). The van der Waals surface area contributed by atoms with E-state index in [0.29, 0.717) is 24.1 Å². The molecule has 3 rings (SSSR count). The average molecular weight is 370 g/mol. The lowest BCUT2D eigenvalue weighted by Crippen LogP contribution is -2.35. The highest BCUT2D eigenvalue weighted by Crippen LogP contribution is 2.23. The lowest BCUT2D eigenvalue weighted by atomic mass is 10.1. The molecule has 1 aliphatic rings. The number of carbonyl (C=O) groups is 2. The van der Waals surface area contributed by atoms with Gasteiger partial charge in [-0.15, -0.1) is 0 Å². The maximum atomic E-state index is 13.9. The van der Waals surface area contributed by atoms with E-state index in [4.69, 9.17) is 4.74 Å². The molecule has 2 aromatic carbocycles. The molecule has 0 bridgehead atoms. The number of amides is 2. The van der Waals surface area contributed by atoms with Crippen LogP contribution in [0.2, 0.25) is 0 Å². The number of anilines is 1. The summed E-state index contributed by atoms with van der Waals surface area (Å²) in [5.41, 5.74) is 1.95. The second-order valence-corrected chi connectivity index (χ2v) is 6.64. The fourth-order valence-electron chi connectivity index (χ4n) is 3.19. The predicted octanol–water partition coefficient (Wildman–Crippen LogP) is 3.84. The number of hydrogen-bond donors (Lipinski definition) is 1. The number of hydrogen-bond acceptors (Lipinski definition) is 3. The fourth-order valence-corrected chi connectivity index (χ4v) is 3.19. The van der Waals surface area contributed by atoms with Gasteiger partial charge in [0.15, 0.2) is 11.6 Å². The van der Waals surface area contributed by atoms with Crippen LogP contribution in [0.15, 0.2) is 42.5 Å². The molecule has 0 aromatic heterocycles. The first-order chi connectivity index (χ1) is 13.0. The van der Waals surface area contributed by atoms with Crippen LogP contribution in [0.5, 0.6) is 5.75 Å². The predicted molar refractivity (Wildman–Crippen MR) is 101 cm³/mol. The maximum Gasteiger partial charge on any atom is 0.251 e. The largest absolute Gasteiger partial charge is 0.494 e. The summed E-state index contributed by atoms with van der Waals surface area (Å²) in [4.78, 5) is 26.2. The SMILES string of the molecule is COc1ccc(C(C)NC(=O)c2ccc(N3CCCCC3=O)cc2)cc1F. The summed E-state index contributed by atoms with van der Waals surface area (Å²) in [6.07, 6.45) is 2.49. The molecule has 2 amide bonds. The smallest absolute Gasteiger partial charge is 0.251 e. The van der Waals surface area contributed by atoms with Crippen molar-refractivity contribution >= 4 is 17.5 Å². The number of rotatable bonds is 5. The first kappa shape index (κ1) is 18.9. The Kier molecular flexibility index (Phi) is 5.74. The van der Waals surface area contributed by atoms with Gasteiger partial charge in [0, 0.05) is 24.2 Å². The highest BCUT2D eigenvalue weighted by atomic mass is 19.1. The summed E-state index contributed by atoms with van der Waals surface area (Å²) in [6, 6.07) is 11.2. The van der Waals surface area contributed by atoms with Gasteiger partial charge in [0.25, 0.3) is 5.91 Å². The van der Waals surface area contributed by atoms with Crippen LogP contribution in [0, 0.1) is 5.82 Å². The van der Waals surface area contributed by atoms with E-state index in [1.165, 1.54) is 19.2 Å². The minimum atomic E-state index is -0.466. The third-order valence-electron chi connectivity index (χ3n) is 4.79. The molecular formula is C21H23FN2O3. The number of benzene rings is 2. The summed E-state index contributed by atoms with van der Waals surface area (Å²) in [7, 11) is 1.41. The topological polar surface area (TPSA) is 58.6 Å². The Balaban J connectivity index is 1.67. The van der Waals surface area contributed by atoms with Gasteiger partial charge in [0.05, 0.1) is 13.2 Å². The highest BCUT2D eigenvalue weighted by Gasteiger charge is 2.20. The third-order valence-corrected chi connectivity index (χ3v) is 4.79. The Morgan fingerprint density at radius 1 is 1.19 bits per heavy atom. The molecule has 0 spiro atoms. The molecule has 1 fully saturated rings. The Hall–Kier alpha value is -2.89. The van der Waals surface area contributed by atoms with Crippen LogP contribution in [0.25, 0.3) is 0 Å². The molecule has 1 N–H and O–H groups in total. The van der Waals surface area contributed by atoms with Gasteiger partial charge in [-0.05, 0) is 61.7 Å². The van der Waals surface area contributed by atoms with Crippen molar-refractivity contribution in [1.29, 1.82) is 0 Å². The monoisotopic (exact) mass is 370 g/mol. The first-order valence-corrected chi connectivity index (χ1v) is 9.04. The summed E-state index contributed by atoms with van der Waals surface area (Å²) in [6.45, 7) is 2.50. The molecule has 1 unspecified atom stereocenters. The lowest BCUT2D eigenvalue weighted by molar-refractivity contribution is -0.119. The van der Waals surface area contributed by atoms with E-state index in [1.54, 1.807) is 42.2 Å². The number of nitrogens with zero attached hydrogens (tertiary/aromatic N) is 1. The van der Waals surface area contributed by atoms with E-state index in [2.05, 4.69) is 5.32 Å². The zero-order valence-corrected chi connectivity index (χ0v) is 15.5. The fraction of sp³-hybridized carbons (Fsp3) is 0.333. The van der Waals surface area contributed by atoms with Crippen molar-refractivity contribution < 1.29 is 18.7 Å². The molecule has 27 heavy (non-hydrogen) atoms. The Morgan fingerprint density at radius 3 is 2.56 bits per heavy atom. The van der Waals surface area contributed by atoms with Gasteiger partial charge in [-0.2, -0.15) is 0 Å². The molecule has 1 atom stereocenters. The average Bonchev–Trinajstić information content (AvgIpc) is 2.68. The van der Waals surface area contributed by atoms with Crippen molar-refractivity contribution in [3.8, 4) is 5.75 Å². The normalized spacial score (nSPS) is 15.4. The van der Waals surface area contributed by atoms with Crippen LogP contribution in [-0.4, -0.2) is 25.5 Å². The van der Waals surface area contributed by atoms with Gasteiger partial charge in [-0.1, -0.05) is 6.07 Å². The van der Waals surface area contributed by atoms with Gasteiger partial charge >= 0.3 is 0 Å². The van der Waals surface area contributed by atoms with Crippen molar-refractivity contribution in [1.82, 2.24) is 5.32 Å². The van der Waals surface area contributed by atoms with E-state index < -0.39 is 5.82 Å². The van der Waals surface area contributed by atoms with Crippen LogP contribution >= 0.6 is 0 Å². The third kappa shape index (κ3) is 4.27. The quantitative estimate of drug-likeness (QED) is 0.870. The number of nitrogens with one attached hydrogen (secondary N) is 1. The summed E-state index contributed by atoms with van der Waals surface area (Å²) < 4.78 is 18.8. The number of ether oxygens (including phenoxy) is 1. The Morgan fingerprint density at radius 2 is 1.93 bits per heavy atom. The van der Waals surface area contributed by atoms with E-state index in [1.807, 2.05) is 0 Å². The first-order valence-electron chi connectivity index (χ1n) is 9.04. The maximum absolute atomic E-state index is 13.9. The minimum absolute atomic E-state index is 0.119. The van der Waals surface area contributed by atoms with E-state index in [9.17, 15) is 14.0 Å². The van der Waals surface area contributed by atoms with Crippen molar-refractivity contribution in [3.05, 3.63) is 59.4 Å². The second kappa shape index (κ2) is 8.20. The molecule has 1 saturated heterocycles. The molecule has 0 radical (unpaired) electrons. The highest BCUT2D eigenvalue weighted by molar-refractivity contribution is 5.97. The number of methoxy groups -OCH3 is 1. The summed E-state index contributed by atoms with van der Waals surface area (Å²) >= 11 is 0. The van der Waals surface area contributed by atoms with Crippen LogP contribution in [0.1, 0.15) is 48.1 Å². The molecule has 0 saturated carbocycles. The number of piperidine rings is 1. The molecule has 6 heteroatoms. The number of halogens is 1. The van der Waals surface area contributed by atoms with E-state index >= 15 is 0 Å². The molecule has 5 nitrogen and oxygen atoms in total. The van der Waals surface area contributed by atoms with Gasteiger partial charge < -0.3 is 15.0 Å². The van der Waals surface area contributed by atoms with Crippen LogP contribution in [-0.2, 0) is 4.79 Å². The van der Waals surface area contributed by atoms with Crippen molar-refractivity contribution in [2.24, 2.45) is 0 Å². The number of carbonyl (C=O) groups excluding carboxylic acids is 2. The Labute approximate surface area is 158 Å². The van der Waals surface area contributed by atoms with Gasteiger partial charge in [-0.25, -0.2) is 4.39 Å². The van der Waals surface area contributed by atoms with Crippen molar-refractivity contribution in [2.45, 2.75) is 32.2 Å². The second-order valence-electron chi connectivity index (χ2n) is 6.64. The van der Waals surface area contributed by atoms with Gasteiger partial charge in [-0.3, -0.25) is 9.59 Å². The van der Waals surface area contributed by atoms with Crippen LogP contribution in [0.3, 0.4) is 0 Å². The zero-order valence-electron chi connectivity index (χ0n) is 15.5. The van der Waals surface area contributed by atoms with Gasteiger partial charge in [0.2, 0.25) is 5.91 Å². The van der Waals surface area contributed by atoms with Crippen molar-refractivity contribution in [3.63, 3.8) is 0 Å². The summed E-state index contributed by atoms with van der Waals surface area (Å²) in [5.74, 6) is -0.435. The van der Waals surface area contributed by atoms with Crippen LogP contribution < -0.4 is 15.0 Å². The molecule has 0 aliphatic carbocycles. The van der Waals surface area contributed by atoms with Gasteiger partial charge in [0.1, 0.15) is 0 Å². The zero-order chi connectivity index (χ0) is 19.4. The van der Waals surface area contributed by atoms with E-state index in [0.717, 1.165) is 18.5 Å². The molecular weight excluding hydrogens is 347 g/mol. The summed E-state index contributed by atoms with van der Waals surface area (Å²) in [5, 5.41) is 2.86. The molecule has 2 aromatic rings. The van der Waals surface area contributed by atoms with Crippen molar-refractivity contribution in [2.75, 3.05) is 18.6 Å². The molecule has 1 heterocycles. The lowest BCUT2D eigenvalue weighted by Gasteiger charge is -2.26. The molecule has 1 aliphatic heterocycles. The van der Waals surface area contributed by atoms with E-state index in [-0.39, 0.29) is 23.6 Å². The molecule has 142 valence electrons.